The van der Waals surface area contributed by atoms with E-state index < -0.39 is 0 Å². The van der Waals surface area contributed by atoms with Crippen LogP contribution in [0.25, 0.3) is 0 Å². The van der Waals surface area contributed by atoms with Crippen LogP contribution in [0.1, 0.15) is 39.4 Å². The molecule has 0 spiro atoms. The summed E-state index contributed by atoms with van der Waals surface area (Å²) in [7, 11) is 0. The van der Waals surface area contributed by atoms with Crippen LogP contribution in [0.4, 0.5) is 0 Å². The van der Waals surface area contributed by atoms with Crippen molar-refractivity contribution in [2.45, 2.75) is 32.1 Å². The molecule has 0 saturated carbocycles. The number of hydrogen-bond donors (Lipinski definition) is 0. The Labute approximate surface area is 146 Å². The summed E-state index contributed by atoms with van der Waals surface area (Å²) in [6.45, 7) is 4.50. The van der Waals surface area contributed by atoms with Crippen molar-refractivity contribution in [3.63, 3.8) is 0 Å². The van der Waals surface area contributed by atoms with Gasteiger partial charge in [-0.2, -0.15) is 0 Å². The molecule has 0 aromatic carbocycles. The number of fused-ring (bicyclic) bond motifs is 1. The third-order valence-corrected chi connectivity index (χ3v) is 6.58. The van der Waals surface area contributed by atoms with Crippen LogP contribution in [0, 0.1) is 5.92 Å². The number of nitrogens with zero attached hydrogens (tertiary/aromatic N) is 2. The van der Waals surface area contributed by atoms with E-state index in [2.05, 4.69) is 6.07 Å². The first kappa shape index (κ1) is 16.1. The number of ether oxygens (including phenoxy) is 1. The maximum atomic E-state index is 12.7. The van der Waals surface area contributed by atoms with Crippen molar-refractivity contribution in [1.82, 2.24) is 9.80 Å². The average Bonchev–Trinajstić information content (AvgIpc) is 3.30. The zero-order valence-corrected chi connectivity index (χ0v) is 14.8. The quantitative estimate of drug-likeness (QED) is 0.821. The van der Waals surface area contributed by atoms with Gasteiger partial charge >= 0.3 is 0 Å². The van der Waals surface area contributed by atoms with E-state index in [0.717, 1.165) is 50.1 Å². The molecule has 2 fully saturated rings. The Morgan fingerprint density at radius 1 is 1.08 bits per heavy atom. The summed E-state index contributed by atoms with van der Waals surface area (Å²) in [6.07, 6.45) is 4.85. The number of likely N-dealkylation sites (tertiary alicyclic amines) is 1. The lowest BCUT2D eigenvalue weighted by Crippen LogP contribution is -2.44. The van der Waals surface area contributed by atoms with Gasteiger partial charge in [0.1, 0.15) is 0 Å². The molecule has 2 aliphatic heterocycles. The molecule has 0 bridgehead atoms. The van der Waals surface area contributed by atoms with Crippen molar-refractivity contribution in [2.75, 3.05) is 39.4 Å². The molecule has 1 aromatic heterocycles. The van der Waals surface area contributed by atoms with Gasteiger partial charge in [0.15, 0.2) is 0 Å². The Bertz CT molecular complexity index is 630. The van der Waals surface area contributed by atoms with Crippen molar-refractivity contribution >= 4 is 23.2 Å². The molecule has 0 radical (unpaired) electrons. The Balaban J connectivity index is 1.45. The average molecular weight is 348 g/mol. The molecule has 1 atom stereocenters. The van der Waals surface area contributed by atoms with E-state index in [1.165, 1.54) is 10.4 Å². The predicted molar refractivity (Wildman–Crippen MR) is 92.4 cm³/mol. The largest absolute Gasteiger partial charge is 0.378 e. The number of morpholine rings is 1. The maximum Gasteiger partial charge on any atom is 0.263 e. The lowest BCUT2D eigenvalue weighted by atomic mass is 9.87. The molecular formula is C18H24N2O3S. The second-order valence-electron chi connectivity index (χ2n) is 6.94. The molecule has 130 valence electrons. The minimum absolute atomic E-state index is 0.0694. The van der Waals surface area contributed by atoms with E-state index in [9.17, 15) is 9.59 Å². The Morgan fingerprint density at radius 3 is 2.58 bits per heavy atom. The van der Waals surface area contributed by atoms with Gasteiger partial charge in [-0.15, -0.1) is 11.3 Å². The van der Waals surface area contributed by atoms with Gasteiger partial charge in [0, 0.05) is 37.0 Å². The Morgan fingerprint density at radius 2 is 1.83 bits per heavy atom. The van der Waals surface area contributed by atoms with Gasteiger partial charge in [-0.05, 0) is 43.7 Å². The predicted octanol–water partition coefficient (Wildman–Crippen LogP) is 1.95. The summed E-state index contributed by atoms with van der Waals surface area (Å²) in [6, 6.07) is 2.05. The van der Waals surface area contributed by atoms with E-state index in [1.54, 1.807) is 11.3 Å². The monoisotopic (exact) mass is 348 g/mol. The topological polar surface area (TPSA) is 49.9 Å². The SMILES string of the molecule is O=C(c1cc2c(s1)CCC(C(=O)N1CCOCC1)C2)N1CCCC1. The molecule has 2 saturated heterocycles. The van der Waals surface area contributed by atoms with Gasteiger partial charge in [-0.3, -0.25) is 9.59 Å². The van der Waals surface area contributed by atoms with E-state index in [4.69, 9.17) is 4.74 Å². The first-order valence-electron chi connectivity index (χ1n) is 9.00. The fourth-order valence-electron chi connectivity index (χ4n) is 3.96. The molecular weight excluding hydrogens is 324 g/mol. The highest BCUT2D eigenvalue weighted by atomic mass is 32.1. The number of aryl methyl sites for hydroxylation is 1. The molecule has 5 nitrogen and oxygen atoms in total. The van der Waals surface area contributed by atoms with Crippen LogP contribution in [0.3, 0.4) is 0 Å². The van der Waals surface area contributed by atoms with Gasteiger partial charge in [-0.25, -0.2) is 0 Å². The third-order valence-electron chi connectivity index (χ3n) is 5.36. The van der Waals surface area contributed by atoms with E-state index in [0.29, 0.717) is 26.3 Å². The summed E-state index contributed by atoms with van der Waals surface area (Å²) in [5.41, 5.74) is 1.22. The highest BCUT2D eigenvalue weighted by Gasteiger charge is 2.31. The van der Waals surface area contributed by atoms with Crippen molar-refractivity contribution < 1.29 is 14.3 Å². The van der Waals surface area contributed by atoms with Crippen molar-refractivity contribution in [3.05, 3.63) is 21.4 Å². The summed E-state index contributed by atoms with van der Waals surface area (Å²) < 4.78 is 5.34. The molecule has 3 heterocycles. The van der Waals surface area contributed by atoms with E-state index in [-0.39, 0.29) is 17.7 Å². The number of thiophene rings is 1. The highest BCUT2D eigenvalue weighted by molar-refractivity contribution is 7.14. The Hall–Kier alpha value is -1.40. The highest BCUT2D eigenvalue weighted by Crippen LogP contribution is 2.34. The second-order valence-corrected chi connectivity index (χ2v) is 8.07. The molecule has 1 aromatic rings. The lowest BCUT2D eigenvalue weighted by molar-refractivity contribution is -0.140. The molecule has 1 unspecified atom stereocenters. The summed E-state index contributed by atoms with van der Waals surface area (Å²) in [5.74, 6) is 0.519. The fraction of sp³-hybridized carbons (Fsp3) is 0.667. The van der Waals surface area contributed by atoms with Gasteiger partial charge in [0.25, 0.3) is 5.91 Å². The van der Waals surface area contributed by atoms with Crippen LogP contribution >= 0.6 is 11.3 Å². The smallest absolute Gasteiger partial charge is 0.263 e. The minimum Gasteiger partial charge on any atom is -0.378 e. The van der Waals surface area contributed by atoms with Gasteiger partial charge < -0.3 is 14.5 Å². The summed E-state index contributed by atoms with van der Waals surface area (Å²) >= 11 is 1.64. The van der Waals surface area contributed by atoms with E-state index >= 15 is 0 Å². The number of amides is 2. The minimum atomic E-state index is 0.0694. The van der Waals surface area contributed by atoms with Gasteiger partial charge in [0.2, 0.25) is 5.91 Å². The summed E-state index contributed by atoms with van der Waals surface area (Å²) in [4.78, 5) is 31.4. The number of hydrogen-bond acceptors (Lipinski definition) is 4. The van der Waals surface area contributed by atoms with E-state index in [1.807, 2.05) is 9.80 Å². The Kier molecular flexibility index (Phi) is 4.59. The molecule has 0 N–H and O–H groups in total. The first-order valence-corrected chi connectivity index (χ1v) is 9.81. The molecule has 6 heteroatoms. The lowest BCUT2D eigenvalue weighted by Gasteiger charge is -2.31. The molecule has 24 heavy (non-hydrogen) atoms. The molecule has 4 rings (SSSR count). The van der Waals surface area contributed by atoms with Crippen LogP contribution in [0.5, 0.6) is 0 Å². The van der Waals surface area contributed by atoms with Crippen LogP contribution in [-0.2, 0) is 22.4 Å². The fourth-order valence-corrected chi connectivity index (χ4v) is 5.13. The number of carbonyl (C=O) groups is 2. The zero-order valence-electron chi connectivity index (χ0n) is 14.0. The van der Waals surface area contributed by atoms with Crippen molar-refractivity contribution in [1.29, 1.82) is 0 Å². The van der Waals surface area contributed by atoms with Crippen molar-refractivity contribution in [2.24, 2.45) is 5.92 Å². The van der Waals surface area contributed by atoms with Crippen LogP contribution in [0.2, 0.25) is 0 Å². The van der Waals surface area contributed by atoms with Crippen LogP contribution < -0.4 is 0 Å². The second kappa shape index (κ2) is 6.84. The van der Waals surface area contributed by atoms with Crippen molar-refractivity contribution in [3.8, 4) is 0 Å². The molecule has 3 aliphatic rings. The zero-order chi connectivity index (χ0) is 16.5. The molecule has 1 aliphatic carbocycles. The van der Waals surface area contributed by atoms with Crippen LogP contribution in [0.15, 0.2) is 6.07 Å². The maximum absolute atomic E-state index is 12.7. The van der Waals surface area contributed by atoms with Gasteiger partial charge in [0.05, 0.1) is 18.1 Å². The summed E-state index contributed by atoms with van der Waals surface area (Å²) in [5, 5.41) is 0. The molecule has 2 amide bonds. The number of carbonyl (C=O) groups excluding carboxylic acids is 2. The third kappa shape index (κ3) is 3.09. The standard InChI is InChI=1S/C18H24N2O3S/c21-17(20-7-9-23-10-8-20)13-3-4-15-14(11-13)12-16(24-15)18(22)19-5-1-2-6-19/h12-13H,1-11H2. The first-order chi connectivity index (χ1) is 11.7. The normalized spacial score (nSPS) is 24.1. The van der Waals surface area contributed by atoms with Gasteiger partial charge in [-0.1, -0.05) is 0 Å². The van der Waals surface area contributed by atoms with Crippen LogP contribution in [-0.4, -0.2) is 61.0 Å². The number of rotatable bonds is 2.